The Morgan fingerprint density at radius 3 is 1.06 bits per heavy atom. The van der Waals surface area contributed by atoms with Crippen LogP contribution in [-0.2, 0) is 44.6 Å². The van der Waals surface area contributed by atoms with Gasteiger partial charge in [0.1, 0.15) is 0 Å². The largest absolute Gasteiger partial charge is 1.00 e. The summed E-state index contributed by atoms with van der Waals surface area (Å²) < 4.78 is 21.4. The highest BCUT2D eigenvalue weighted by atomic mass is 35.5. The number of anilines is 8. The van der Waals surface area contributed by atoms with Crippen molar-refractivity contribution in [3.63, 3.8) is 0 Å². The van der Waals surface area contributed by atoms with Crippen LogP contribution in [0.4, 0.5) is 46.0 Å². The van der Waals surface area contributed by atoms with Crippen LogP contribution in [0, 0.1) is 0 Å². The summed E-state index contributed by atoms with van der Waals surface area (Å²) in [6.07, 6.45) is 10.6. The number of benzene rings is 4. The summed E-state index contributed by atoms with van der Waals surface area (Å²) in [5.74, 6) is 3.04. The zero-order chi connectivity index (χ0) is 44.1. The first-order valence-electron chi connectivity index (χ1n) is 22.0. The van der Waals surface area contributed by atoms with Gasteiger partial charge in [-0.05, 0) is 124 Å². The van der Waals surface area contributed by atoms with Crippen molar-refractivity contribution in [3.05, 3.63) is 144 Å². The molecule has 1 aliphatic heterocycles. The number of aryl methyl sites for hydroxylation is 4. The molecule has 0 saturated heterocycles. The van der Waals surface area contributed by atoms with E-state index in [1.165, 1.54) is 22.3 Å². The molecule has 2 N–H and O–H groups in total. The lowest BCUT2D eigenvalue weighted by Crippen LogP contribution is -3.00. The Morgan fingerprint density at radius 2 is 0.762 bits per heavy atom. The summed E-state index contributed by atoms with van der Waals surface area (Å²) in [7, 11) is 0. The van der Waals surface area contributed by atoms with E-state index in [0.29, 0.717) is 38.1 Å². The fraction of sp³-hybridized carbons (Fsp3) is 0.360. The minimum Gasteiger partial charge on any atom is -1.00 e. The van der Waals surface area contributed by atoms with E-state index in [1.807, 2.05) is 27.7 Å². The van der Waals surface area contributed by atoms with Crippen molar-refractivity contribution in [2.24, 2.45) is 0 Å². The van der Waals surface area contributed by atoms with E-state index in [9.17, 15) is 0 Å². The second-order valence-corrected chi connectivity index (χ2v) is 14.0. The second-order valence-electron chi connectivity index (χ2n) is 14.0. The van der Waals surface area contributed by atoms with Gasteiger partial charge in [-0.25, -0.2) is 19.9 Å². The van der Waals surface area contributed by atoms with E-state index in [4.69, 9.17) is 18.9 Å². The van der Waals surface area contributed by atoms with Crippen molar-refractivity contribution >= 4 is 46.0 Å². The van der Waals surface area contributed by atoms with Crippen molar-refractivity contribution in [2.45, 2.75) is 93.9 Å². The van der Waals surface area contributed by atoms with Crippen molar-refractivity contribution < 1.29 is 31.4 Å². The minimum absolute atomic E-state index is 0. The van der Waals surface area contributed by atoms with E-state index >= 15 is 0 Å². The van der Waals surface area contributed by atoms with Crippen molar-refractivity contribution in [1.82, 2.24) is 19.9 Å². The molecule has 0 spiro atoms. The Bertz CT molecular complexity index is 2020. The van der Waals surface area contributed by atoms with Crippen LogP contribution >= 0.6 is 0 Å². The molecule has 0 bridgehead atoms. The highest BCUT2D eigenvalue weighted by Crippen LogP contribution is 2.45. The van der Waals surface area contributed by atoms with E-state index < -0.39 is 6.48 Å². The van der Waals surface area contributed by atoms with Gasteiger partial charge in [0.25, 0.3) is 6.48 Å². The summed E-state index contributed by atoms with van der Waals surface area (Å²) in [6, 6.07) is 33.9. The van der Waals surface area contributed by atoms with Gasteiger partial charge in [-0.15, -0.1) is 0 Å². The SMILES string of the molecule is CCOC(OCC)OCC.CCOC1N(c2ccc(CC)cc2)c2nccnc2N1c1ccc(CC)cc1.CCc1ccc(Nc2nccnc2Nc2ccc(CC)cc2)cc1.[Cl-]. The molecular weight excluding hydrogens is 812 g/mol. The van der Waals surface area contributed by atoms with Gasteiger partial charge in [-0.3, -0.25) is 9.80 Å². The lowest BCUT2D eigenvalue weighted by atomic mass is 10.1. The third-order valence-electron chi connectivity index (χ3n) is 9.98. The van der Waals surface area contributed by atoms with Gasteiger partial charge in [0.15, 0.2) is 23.3 Å². The number of hydrogen-bond acceptors (Lipinski definition) is 12. The normalized spacial score (nSPS) is 11.8. The van der Waals surface area contributed by atoms with E-state index in [0.717, 1.165) is 60.1 Å². The van der Waals surface area contributed by atoms with Gasteiger partial charge in [-0.2, -0.15) is 0 Å². The molecule has 6 aromatic rings. The van der Waals surface area contributed by atoms with Crippen molar-refractivity contribution in [3.8, 4) is 0 Å². The van der Waals surface area contributed by atoms with Gasteiger partial charge in [0.05, 0.1) is 0 Å². The Hall–Kier alpha value is -5.63. The molecule has 1 aliphatic rings. The molecule has 336 valence electrons. The molecule has 13 heteroatoms. The van der Waals surface area contributed by atoms with Crippen LogP contribution in [0.2, 0.25) is 0 Å². The van der Waals surface area contributed by atoms with Gasteiger partial charge >= 0.3 is 0 Å². The molecule has 2 aromatic heterocycles. The number of rotatable bonds is 18. The molecule has 0 aliphatic carbocycles. The Balaban J connectivity index is 0.000000227. The lowest BCUT2D eigenvalue weighted by molar-refractivity contribution is -0.282. The molecule has 63 heavy (non-hydrogen) atoms. The molecule has 3 heterocycles. The molecule has 12 nitrogen and oxygen atoms in total. The zero-order valence-electron chi connectivity index (χ0n) is 38.1. The number of nitrogens with one attached hydrogen (secondary N) is 2. The number of nitrogens with zero attached hydrogens (tertiary/aromatic N) is 6. The van der Waals surface area contributed by atoms with Gasteiger partial charge in [0, 0.05) is 74.0 Å². The monoisotopic (exact) mass is 875 g/mol. The smallest absolute Gasteiger partial charge is 0.271 e. The van der Waals surface area contributed by atoms with Crippen molar-refractivity contribution in [2.75, 3.05) is 46.9 Å². The number of aromatic nitrogens is 4. The Labute approximate surface area is 380 Å². The summed E-state index contributed by atoms with van der Waals surface area (Å²) in [5.41, 5.74) is 9.33. The van der Waals surface area contributed by atoms with Crippen molar-refractivity contribution in [1.29, 1.82) is 0 Å². The van der Waals surface area contributed by atoms with Crippen LogP contribution in [-0.4, -0.2) is 59.2 Å². The van der Waals surface area contributed by atoms with Gasteiger partial charge < -0.3 is 42.0 Å². The molecule has 0 unspecified atom stereocenters. The standard InChI is InChI=1S/C23H26N4O.C20H22N4.C7H16O3.ClH/c1-4-17-7-11-19(12-8-17)26-21-22(25-16-15-24-21)27(23(26)28-6-3)20-13-9-18(5-2)10-14-20;1-3-15-5-9-17(10-6-15)23-19-20(22-14-13-21-19)24-18-11-7-16(4-2)8-12-18;1-4-8-7(9-5-2)10-6-3;/h7-16,23H,4-6H2,1-3H3;5-14H,3-4H2,1-2H3,(H,21,23)(H,22,24);7H,4-6H2,1-3H3;1H/p-1. The summed E-state index contributed by atoms with van der Waals surface area (Å²) in [6.45, 7) is 18.3. The van der Waals surface area contributed by atoms with Crippen LogP contribution in [0.25, 0.3) is 0 Å². The summed E-state index contributed by atoms with van der Waals surface area (Å²) in [5, 5.41) is 6.66. The summed E-state index contributed by atoms with van der Waals surface area (Å²) >= 11 is 0. The van der Waals surface area contributed by atoms with Crippen LogP contribution in [0.3, 0.4) is 0 Å². The van der Waals surface area contributed by atoms with E-state index in [2.05, 4.69) is 165 Å². The highest BCUT2D eigenvalue weighted by molar-refractivity contribution is 5.82. The maximum Gasteiger partial charge on any atom is 0.271 e. The maximum atomic E-state index is 6.20. The predicted molar refractivity (Wildman–Crippen MR) is 252 cm³/mol. The number of hydrogen-bond donors (Lipinski definition) is 2. The highest BCUT2D eigenvalue weighted by Gasteiger charge is 2.40. The first-order chi connectivity index (χ1) is 30.4. The maximum absolute atomic E-state index is 6.20. The van der Waals surface area contributed by atoms with Crippen LogP contribution in [0.5, 0.6) is 0 Å². The van der Waals surface area contributed by atoms with E-state index in [1.54, 1.807) is 24.8 Å². The van der Waals surface area contributed by atoms with E-state index in [-0.39, 0.29) is 18.8 Å². The first kappa shape index (κ1) is 50.0. The molecule has 0 amide bonds. The molecule has 4 aromatic carbocycles. The zero-order valence-corrected chi connectivity index (χ0v) is 38.8. The fourth-order valence-corrected chi connectivity index (χ4v) is 6.56. The van der Waals surface area contributed by atoms with Crippen LogP contribution in [0.15, 0.2) is 122 Å². The van der Waals surface area contributed by atoms with Gasteiger partial charge in [0.2, 0.25) is 6.35 Å². The molecular formula is C50H64ClN8O4-. The average molecular weight is 877 g/mol. The number of ether oxygens (including phenoxy) is 4. The van der Waals surface area contributed by atoms with Crippen LogP contribution < -0.4 is 32.8 Å². The van der Waals surface area contributed by atoms with Crippen LogP contribution in [0.1, 0.15) is 77.6 Å². The second kappa shape index (κ2) is 26.8. The van der Waals surface area contributed by atoms with Gasteiger partial charge in [-0.1, -0.05) is 76.2 Å². The number of halogens is 1. The molecule has 0 radical (unpaired) electrons. The summed E-state index contributed by atoms with van der Waals surface area (Å²) in [4.78, 5) is 22.4. The Morgan fingerprint density at radius 1 is 0.444 bits per heavy atom. The molecule has 7 rings (SSSR count). The average Bonchev–Trinajstić information content (AvgIpc) is 3.64. The molecule has 0 atom stereocenters. The molecule has 0 saturated carbocycles. The Kier molecular flexibility index (Phi) is 21.2. The molecule has 0 fully saturated rings. The fourth-order valence-electron chi connectivity index (χ4n) is 6.56. The number of fused-ring (bicyclic) bond motifs is 1. The third kappa shape index (κ3) is 14.2. The topological polar surface area (TPSA) is 119 Å². The third-order valence-corrected chi connectivity index (χ3v) is 9.98. The lowest BCUT2D eigenvalue weighted by Gasteiger charge is -2.31. The quantitative estimate of drug-likeness (QED) is 0.0805. The minimum atomic E-state index is -0.472. The first-order valence-corrected chi connectivity index (χ1v) is 22.0. The predicted octanol–water partition coefficient (Wildman–Crippen LogP) is 8.68.